The topological polar surface area (TPSA) is 37.3 Å². The number of rotatable bonds is 5. The van der Waals surface area contributed by atoms with E-state index in [-0.39, 0.29) is 0 Å². The maximum Gasteiger partial charge on any atom is 0.130 e. The molecule has 0 amide bonds. The van der Waals surface area contributed by atoms with Crippen LogP contribution in [0.2, 0.25) is 0 Å². The maximum absolute atomic E-state index is 5.53. The fourth-order valence-electron chi connectivity index (χ4n) is 3.78. The molecule has 4 aromatic rings. The molecule has 0 saturated heterocycles. The molecular weight excluding hydrogens is 385 g/mol. The van der Waals surface area contributed by atoms with Crippen molar-refractivity contribution in [3.8, 4) is 0 Å². The molecule has 0 spiro atoms. The van der Waals surface area contributed by atoms with Crippen LogP contribution < -0.4 is 15.7 Å². The summed E-state index contributed by atoms with van der Waals surface area (Å²) >= 11 is 0. The lowest BCUT2D eigenvalue weighted by Crippen LogP contribution is -2.22. The summed E-state index contributed by atoms with van der Waals surface area (Å²) in [5.74, 6) is 0.824. The molecule has 0 bridgehead atoms. The van der Waals surface area contributed by atoms with E-state index in [1.165, 1.54) is 27.3 Å². The van der Waals surface area contributed by atoms with Gasteiger partial charge >= 0.3 is 0 Å². The van der Waals surface area contributed by atoms with Crippen LogP contribution in [0.25, 0.3) is 0 Å². The molecule has 3 aromatic carbocycles. The van der Waals surface area contributed by atoms with Gasteiger partial charge in [0, 0.05) is 16.8 Å². The molecule has 0 aliphatic carbocycles. The Morgan fingerprint density at radius 1 is 0.700 bits per heavy atom. The number of pyridine rings is 1. The van der Waals surface area contributed by atoms with Crippen LogP contribution in [-0.2, 0) is 0 Å². The quantitative estimate of drug-likeness (QED) is 0.380. The van der Waals surface area contributed by atoms with Crippen molar-refractivity contribution in [1.29, 1.82) is 0 Å². The van der Waals surface area contributed by atoms with Crippen molar-refractivity contribution in [2.75, 3.05) is 5.09 Å². The summed E-state index contributed by atoms with van der Waals surface area (Å²) in [6, 6.07) is 31.4. The van der Waals surface area contributed by atoms with Crippen LogP contribution in [0.4, 0.5) is 11.5 Å². The molecule has 0 saturated carbocycles. The highest BCUT2D eigenvalue weighted by molar-refractivity contribution is 7.82. The summed E-state index contributed by atoms with van der Waals surface area (Å²) in [5.41, 5.74) is 4.67. The van der Waals surface area contributed by atoms with Crippen molar-refractivity contribution >= 4 is 29.3 Å². The summed E-state index contributed by atoms with van der Waals surface area (Å²) in [4.78, 5) is 4.57. The summed E-state index contributed by atoms with van der Waals surface area (Å²) in [5, 5.41) is 6.11. The molecule has 4 rings (SSSR count). The summed E-state index contributed by atoms with van der Waals surface area (Å²) < 4.78 is 5.53. The zero-order valence-electron chi connectivity index (χ0n) is 17.6. The first-order valence-corrected chi connectivity index (χ1v) is 11.8. The minimum Gasteiger partial charge on any atom is -0.330 e. The second kappa shape index (κ2) is 8.69. The number of aromatic nitrogens is 1. The Balaban J connectivity index is 2.08. The second-order valence-electron chi connectivity index (χ2n) is 7.48. The number of hydrogen-bond donors (Lipinski definition) is 1. The summed E-state index contributed by atoms with van der Waals surface area (Å²) in [7, 11) is -2.40. The monoisotopic (exact) mass is 411 g/mol. The van der Waals surface area contributed by atoms with Gasteiger partial charge in [0.1, 0.15) is 13.0 Å². The van der Waals surface area contributed by atoms with E-state index >= 15 is 0 Å². The Morgan fingerprint density at radius 3 is 1.73 bits per heavy atom. The van der Waals surface area contributed by atoms with E-state index in [1.807, 2.05) is 36.5 Å². The Hall–Kier alpha value is -3.16. The lowest BCUT2D eigenvalue weighted by molar-refractivity contribution is 1.29. The van der Waals surface area contributed by atoms with Gasteiger partial charge < -0.3 is 5.09 Å². The highest BCUT2D eigenvalue weighted by Crippen LogP contribution is 2.50. The fourth-order valence-corrected chi connectivity index (χ4v) is 6.90. The molecule has 0 aliphatic rings. The molecule has 1 aromatic heterocycles. The van der Waals surface area contributed by atoms with Crippen molar-refractivity contribution < 1.29 is 0 Å². The van der Waals surface area contributed by atoms with Gasteiger partial charge in [-0.3, -0.25) is 0 Å². The van der Waals surface area contributed by atoms with Gasteiger partial charge in [-0.25, -0.2) is 9.73 Å². The Bertz CT molecular complexity index is 1120. The van der Waals surface area contributed by atoms with Gasteiger partial charge in [-0.05, 0) is 44.0 Å². The third kappa shape index (κ3) is 4.08. The van der Waals surface area contributed by atoms with Crippen molar-refractivity contribution in [2.24, 2.45) is 4.74 Å². The normalized spacial score (nSPS) is 11.2. The smallest absolute Gasteiger partial charge is 0.130 e. The minimum absolute atomic E-state index is 0.824. The predicted molar refractivity (Wildman–Crippen MR) is 130 cm³/mol. The second-order valence-corrected chi connectivity index (χ2v) is 10.2. The van der Waals surface area contributed by atoms with Gasteiger partial charge in [0.15, 0.2) is 0 Å². The third-order valence-electron chi connectivity index (χ3n) is 5.09. The van der Waals surface area contributed by atoms with Crippen LogP contribution in [0.15, 0.2) is 102 Å². The molecule has 0 aliphatic heterocycles. The first-order valence-electron chi connectivity index (χ1n) is 10.1. The Kier molecular flexibility index (Phi) is 5.83. The van der Waals surface area contributed by atoms with Gasteiger partial charge in [-0.1, -0.05) is 84.4 Å². The molecule has 30 heavy (non-hydrogen) atoms. The highest BCUT2D eigenvalue weighted by atomic mass is 31.2. The molecule has 4 heteroatoms. The van der Waals surface area contributed by atoms with Crippen LogP contribution in [0.3, 0.4) is 0 Å². The van der Waals surface area contributed by atoms with Gasteiger partial charge in [-0.2, -0.15) is 0 Å². The van der Waals surface area contributed by atoms with Crippen molar-refractivity contribution in [2.45, 2.75) is 20.8 Å². The number of anilines is 1. The standard InChI is InChI=1S/C26H26N3P/c1-20-18-21(2)26(22(3)19-20)29-30(23-12-6-4-7-13-23,24-14-8-5-9-15-24)28-25-16-10-11-17-27-25/h4-19H,1-3H3,(H,27,28). The molecule has 1 N–H and O–H groups in total. The zero-order chi connectivity index (χ0) is 21.0. The average Bonchev–Trinajstić information content (AvgIpc) is 2.77. The summed E-state index contributed by atoms with van der Waals surface area (Å²) in [6.45, 7) is 6.42. The zero-order valence-corrected chi connectivity index (χ0v) is 18.5. The molecule has 3 nitrogen and oxygen atoms in total. The SMILES string of the molecule is Cc1cc(C)c(N=P(Nc2ccccn2)(c2ccccc2)c2ccccc2)c(C)c1. The van der Waals surface area contributed by atoms with Crippen molar-refractivity contribution in [3.63, 3.8) is 0 Å². The molecule has 0 fully saturated rings. The first kappa shape index (κ1) is 20.1. The number of benzene rings is 3. The highest BCUT2D eigenvalue weighted by Gasteiger charge is 2.26. The molecule has 0 atom stereocenters. The molecule has 150 valence electrons. The van der Waals surface area contributed by atoms with E-state index in [1.54, 1.807) is 0 Å². The van der Waals surface area contributed by atoms with Crippen LogP contribution in [-0.4, -0.2) is 4.98 Å². The van der Waals surface area contributed by atoms with Crippen LogP contribution in [0.1, 0.15) is 16.7 Å². The predicted octanol–water partition coefficient (Wildman–Crippen LogP) is 6.52. The van der Waals surface area contributed by atoms with E-state index in [4.69, 9.17) is 4.74 Å². The number of hydrogen-bond acceptors (Lipinski definition) is 2. The Labute approximate surface area is 179 Å². The maximum atomic E-state index is 5.53. The van der Waals surface area contributed by atoms with E-state index in [0.717, 1.165) is 11.5 Å². The van der Waals surface area contributed by atoms with E-state index in [0.29, 0.717) is 0 Å². The Morgan fingerprint density at radius 2 is 1.23 bits per heavy atom. The number of nitrogens with zero attached hydrogens (tertiary/aromatic N) is 2. The lowest BCUT2D eigenvalue weighted by atomic mass is 10.1. The molecular formula is C26H26N3P. The fraction of sp³-hybridized carbons (Fsp3) is 0.115. The van der Waals surface area contributed by atoms with Crippen molar-refractivity contribution in [3.05, 3.63) is 114 Å². The van der Waals surface area contributed by atoms with E-state index in [2.05, 4.69) is 91.5 Å². The van der Waals surface area contributed by atoms with Crippen LogP contribution in [0, 0.1) is 20.8 Å². The number of nitrogens with one attached hydrogen (secondary N) is 1. The summed E-state index contributed by atoms with van der Waals surface area (Å²) in [6.07, 6.45) is 1.81. The van der Waals surface area contributed by atoms with Crippen LogP contribution in [0.5, 0.6) is 0 Å². The van der Waals surface area contributed by atoms with Gasteiger partial charge in [0.05, 0.1) is 5.69 Å². The molecule has 0 radical (unpaired) electrons. The molecule has 1 heterocycles. The number of aryl methyl sites for hydroxylation is 3. The average molecular weight is 411 g/mol. The van der Waals surface area contributed by atoms with E-state index < -0.39 is 7.21 Å². The van der Waals surface area contributed by atoms with Crippen molar-refractivity contribution in [1.82, 2.24) is 4.98 Å². The van der Waals surface area contributed by atoms with Gasteiger partial charge in [-0.15, -0.1) is 0 Å². The minimum atomic E-state index is -2.40. The van der Waals surface area contributed by atoms with Crippen LogP contribution >= 0.6 is 7.21 Å². The third-order valence-corrected chi connectivity index (χ3v) is 8.23. The molecule has 0 unspecified atom stereocenters. The largest absolute Gasteiger partial charge is 0.330 e. The lowest BCUT2D eigenvalue weighted by Gasteiger charge is -2.28. The van der Waals surface area contributed by atoms with Gasteiger partial charge in [0.2, 0.25) is 0 Å². The van der Waals surface area contributed by atoms with Gasteiger partial charge in [0.25, 0.3) is 0 Å². The first-order chi connectivity index (χ1) is 14.6. The van der Waals surface area contributed by atoms with E-state index in [9.17, 15) is 0 Å².